The van der Waals surface area contributed by atoms with Gasteiger partial charge in [0.2, 0.25) is 0 Å². The van der Waals surface area contributed by atoms with Gasteiger partial charge in [-0.25, -0.2) is 0 Å². The first-order chi connectivity index (χ1) is 7.22. The van der Waals surface area contributed by atoms with Crippen LogP contribution in [0, 0.1) is 0 Å². The van der Waals surface area contributed by atoms with Crippen LogP contribution < -0.4 is 0 Å². The molecule has 1 N–H and O–H groups in total. The molecule has 1 aromatic carbocycles. The molecule has 0 aliphatic rings. The van der Waals surface area contributed by atoms with Crippen molar-refractivity contribution in [1.29, 1.82) is 0 Å². The van der Waals surface area contributed by atoms with Gasteiger partial charge in [-0.1, -0.05) is 34.1 Å². The molecule has 0 unspecified atom stereocenters. The molecular formula is C11H11BrN2O. The summed E-state index contributed by atoms with van der Waals surface area (Å²) in [5.74, 6) is 0. The lowest BCUT2D eigenvalue weighted by molar-refractivity contribution is 0.276. The third-order valence-electron chi connectivity index (χ3n) is 2.22. The first kappa shape index (κ1) is 10.4. The third-order valence-corrected chi connectivity index (χ3v) is 2.91. The molecule has 0 spiro atoms. The predicted molar refractivity (Wildman–Crippen MR) is 62.3 cm³/mol. The molecule has 0 atom stereocenters. The number of benzene rings is 1. The molecule has 2 aromatic rings. The van der Waals surface area contributed by atoms with Crippen molar-refractivity contribution in [1.82, 2.24) is 9.78 Å². The van der Waals surface area contributed by atoms with Crippen molar-refractivity contribution >= 4 is 15.9 Å². The van der Waals surface area contributed by atoms with E-state index in [0.717, 1.165) is 15.6 Å². The SMILES string of the molecule is Cn1cc(-c2ccccc2Br)c(CO)n1. The maximum atomic E-state index is 9.19. The molecule has 2 rings (SSSR count). The Labute approximate surface area is 96.5 Å². The van der Waals surface area contributed by atoms with E-state index in [1.807, 2.05) is 37.5 Å². The minimum Gasteiger partial charge on any atom is -0.390 e. The van der Waals surface area contributed by atoms with Crippen molar-refractivity contribution in [2.45, 2.75) is 6.61 Å². The average molecular weight is 267 g/mol. The molecule has 3 nitrogen and oxygen atoms in total. The Kier molecular flexibility index (Phi) is 2.88. The van der Waals surface area contributed by atoms with Gasteiger partial charge in [-0.15, -0.1) is 0 Å². The Morgan fingerprint density at radius 2 is 2.07 bits per heavy atom. The molecule has 15 heavy (non-hydrogen) atoms. The van der Waals surface area contributed by atoms with Crippen LogP contribution in [0.4, 0.5) is 0 Å². The van der Waals surface area contributed by atoms with Crippen molar-refractivity contribution < 1.29 is 5.11 Å². The number of aliphatic hydroxyl groups excluding tert-OH is 1. The highest BCUT2D eigenvalue weighted by molar-refractivity contribution is 9.10. The topological polar surface area (TPSA) is 38.0 Å². The van der Waals surface area contributed by atoms with Gasteiger partial charge in [0.15, 0.2) is 0 Å². The van der Waals surface area contributed by atoms with E-state index in [4.69, 9.17) is 0 Å². The van der Waals surface area contributed by atoms with E-state index in [0.29, 0.717) is 5.69 Å². The van der Waals surface area contributed by atoms with Crippen LogP contribution in [0.3, 0.4) is 0 Å². The van der Waals surface area contributed by atoms with Gasteiger partial charge in [0.1, 0.15) is 0 Å². The number of hydrogen-bond donors (Lipinski definition) is 1. The molecule has 0 amide bonds. The summed E-state index contributed by atoms with van der Waals surface area (Å²) >= 11 is 3.49. The molecule has 1 aromatic heterocycles. The van der Waals surface area contributed by atoms with Crippen LogP contribution in [0.2, 0.25) is 0 Å². The molecule has 78 valence electrons. The fraction of sp³-hybridized carbons (Fsp3) is 0.182. The second-order valence-corrected chi connectivity index (χ2v) is 4.16. The van der Waals surface area contributed by atoms with E-state index in [2.05, 4.69) is 21.0 Å². The monoisotopic (exact) mass is 266 g/mol. The Morgan fingerprint density at radius 3 is 2.73 bits per heavy atom. The fourth-order valence-electron chi connectivity index (χ4n) is 1.56. The summed E-state index contributed by atoms with van der Waals surface area (Å²) < 4.78 is 2.72. The number of halogens is 1. The van der Waals surface area contributed by atoms with Gasteiger partial charge in [-0.3, -0.25) is 4.68 Å². The van der Waals surface area contributed by atoms with Crippen molar-refractivity contribution in [3.8, 4) is 11.1 Å². The van der Waals surface area contributed by atoms with E-state index in [-0.39, 0.29) is 6.61 Å². The van der Waals surface area contributed by atoms with Crippen LogP contribution in [0.1, 0.15) is 5.69 Å². The van der Waals surface area contributed by atoms with E-state index in [1.165, 1.54) is 0 Å². The van der Waals surface area contributed by atoms with Gasteiger partial charge >= 0.3 is 0 Å². The largest absolute Gasteiger partial charge is 0.390 e. The van der Waals surface area contributed by atoms with E-state index in [9.17, 15) is 5.11 Å². The number of rotatable bonds is 2. The van der Waals surface area contributed by atoms with E-state index < -0.39 is 0 Å². The second-order valence-electron chi connectivity index (χ2n) is 3.30. The summed E-state index contributed by atoms with van der Waals surface area (Å²) in [6.45, 7) is -0.0441. The summed E-state index contributed by atoms with van der Waals surface area (Å²) in [7, 11) is 1.85. The number of aromatic nitrogens is 2. The number of aryl methyl sites for hydroxylation is 1. The Bertz CT molecular complexity index is 479. The lowest BCUT2D eigenvalue weighted by Gasteiger charge is -2.02. The molecule has 0 bridgehead atoms. The van der Waals surface area contributed by atoms with Crippen LogP contribution >= 0.6 is 15.9 Å². The van der Waals surface area contributed by atoms with Crippen LogP contribution in [-0.4, -0.2) is 14.9 Å². The summed E-state index contributed by atoms with van der Waals surface area (Å²) in [4.78, 5) is 0. The maximum Gasteiger partial charge on any atom is 0.0957 e. The van der Waals surface area contributed by atoms with Crippen LogP contribution in [0.15, 0.2) is 34.9 Å². The Hall–Kier alpha value is -1.13. The van der Waals surface area contributed by atoms with Gasteiger partial charge in [0, 0.05) is 23.3 Å². The number of aliphatic hydroxyl groups is 1. The van der Waals surface area contributed by atoms with Crippen molar-refractivity contribution in [3.05, 3.63) is 40.6 Å². The van der Waals surface area contributed by atoms with Crippen LogP contribution in [0.5, 0.6) is 0 Å². The second kappa shape index (κ2) is 4.16. The molecule has 0 fully saturated rings. The zero-order chi connectivity index (χ0) is 10.8. The highest BCUT2D eigenvalue weighted by Crippen LogP contribution is 2.29. The van der Waals surface area contributed by atoms with Gasteiger partial charge in [0.05, 0.1) is 12.3 Å². The zero-order valence-corrected chi connectivity index (χ0v) is 9.90. The van der Waals surface area contributed by atoms with Gasteiger partial charge in [0.25, 0.3) is 0 Å². The first-order valence-corrected chi connectivity index (χ1v) is 5.40. The molecule has 1 heterocycles. The third kappa shape index (κ3) is 1.96. The van der Waals surface area contributed by atoms with Gasteiger partial charge < -0.3 is 5.11 Å². The maximum absolute atomic E-state index is 9.19. The fourth-order valence-corrected chi connectivity index (χ4v) is 2.05. The molecule has 0 saturated heterocycles. The predicted octanol–water partition coefficient (Wildman–Crippen LogP) is 2.34. The van der Waals surface area contributed by atoms with Crippen LogP contribution in [-0.2, 0) is 13.7 Å². The first-order valence-electron chi connectivity index (χ1n) is 4.60. The van der Waals surface area contributed by atoms with Gasteiger partial charge in [-0.05, 0) is 11.6 Å². The minimum atomic E-state index is -0.0441. The van der Waals surface area contributed by atoms with Crippen molar-refractivity contribution in [2.75, 3.05) is 0 Å². The molecule has 0 saturated carbocycles. The summed E-state index contributed by atoms with van der Waals surface area (Å²) in [5.41, 5.74) is 2.71. The highest BCUT2D eigenvalue weighted by Gasteiger charge is 2.10. The number of nitrogens with zero attached hydrogens (tertiary/aromatic N) is 2. The molecule has 0 radical (unpaired) electrons. The van der Waals surface area contributed by atoms with Crippen LogP contribution in [0.25, 0.3) is 11.1 Å². The molecule has 4 heteroatoms. The van der Waals surface area contributed by atoms with E-state index >= 15 is 0 Å². The summed E-state index contributed by atoms with van der Waals surface area (Å²) in [6, 6.07) is 7.90. The lowest BCUT2D eigenvalue weighted by atomic mass is 10.1. The summed E-state index contributed by atoms with van der Waals surface area (Å²) in [5, 5.41) is 13.4. The summed E-state index contributed by atoms with van der Waals surface area (Å²) in [6.07, 6.45) is 1.91. The minimum absolute atomic E-state index is 0.0441. The molecular weight excluding hydrogens is 256 g/mol. The van der Waals surface area contributed by atoms with E-state index in [1.54, 1.807) is 4.68 Å². The molecule has 0 aliphatic carbocycles. The smallest absolute Gasteiger partial charge is 0.0957 e. The van der Waals surface area contributed by atoms with Gasteiger partial charge in [-0.2, -0.15) is 5.10 Å². The zero-order valence-electron chi connectivity index (χ0n) is 8.31. The normalized spacial score (nSPS) is 10.6. The lowest BCUT2D eigenvalue weighted by Crippen LogP contribution is -1.90. The Morgan fingerprint density at radius 1 is 1.33 bits per heavy atom. The Balaban J connectivity index is 2.58. The highest BCUT2D eigenvalue weighted by atomic mass is 79.9. The van der Waals surface area contributed by atoms with Crippen molar-refractivity contribution in [2.24, 2.45) is 7.05 Å². The standard InChI is InChI=1S/C11H11BrN2O/c1-14-6-9(11(7-15)13-14)8-4-2-3-5-10(8)12/h2-6,15H,7H2,1H3. The van der Waals surface area contributed by atoms with Crippen molar-refractivity contribution in [3.63, 3.8) is 0 Å². The average Bonchev–Trinajstić information content (AvgIpc) is 2.60. The quantitative estimate of drug-likeness (QED) is 0.906. The molecule has 0 aliphatic heterocycles. The number of hydrogen-bond acceptors (Lipinski definition) is 2.